The SMILES string of the molecule is CC/C=C1/CC(CCCC)(C(=O)OC)C(=O)O1. The van der Waals surface area contributed by atoms with E-state index in [4.69, 9.17) is 9.47 Å². The first kappa shape index (κ1) is 13.7. The van der Waals surface area contributed by atoms with Crippen molar-refractivity contribution >= 4 is 11.9 Å². The molecule has 4 nitrogen and oxygen atoms in total. The molecule has 1 saturated heterocycles. The van der Waals surface area contributed by atoms with Crippen LogP contribution in [0.15, 0.2) is 11.8 Å². The molecule has 0 amide bonds. The average Bonchev–Trinajstić information content (AvgIpc) is 2.63. The van der Waals surface area contributed by atoms with Gasteiger partial charge in [-0.2, -0.15) is 0 Å². The lowest BCUT2D eigenvalue weighted by molar-refractivity contribution is -0.163. The predicted octanol–water partition coefficient (Wildman–Crippen LogP) is 2.58. The van der Waals surface area contributed by atoms with Gasteiger partial charge in [0.05, 0.1) is 7.11 Å². The summed E-state index contributed by atoms with van der Waals surface area (Å²) in [5.41, 5.74) is -1.11. The van der Waals surface area contributed by atoms with Crippen LogP contribution in [0.5, 0.6) is 0 Å². The summed E-state index contributed by atoms with van der Waals surface area (Å²) in [6.07, 6.45) is 5.20. The van der Waals surface area contributed by atoms with Gasteiger partial charge in [0, 0.05) is 6.42 Å². The molecule has 0 aliphatic carbocycles. The predicted molar refractivity (Wildman–Crippen MR) is 63.1 cm³/mol. The quantitative estimate of drug-likeness (QED) is 0.547. The Morgan fingerprint density at radius 2 is 2.24 bits per heavy atom. The van der Waals surface area contributed by atoms with Crippen molar-refractivity contribution in [3.63, 3.8) is 0 Å². The van der Waals surface area contributed by atoms with Crippen LogP contribution in [0.2, 0.25) is 0 Å². The van der Waals surface area contributed by atoms with Crippen LogP contribution in [0.3, 0.4) is 0 Å². The zero-order chi connectivity index (χ0) is 12.9. The molecule has 1 aliphatic rings. The first-order valence-corrected chi connectivity index (χ1v) is 6.10. The second-order valence-electron chi connectivity index (χ2n) is 4.32. The first-order valence-electron chi connectivity index (χ1n) is 6.10. The summed E-state index contributed by atoms with van der Waals surface area (Å²) < 4.78 is 9.92. The molecule has 1 unspecified atom stereocenters. The van der Waals surface area contributed by atoms with Crippen LogP contribution < -0.4 is 0 Å². The van der Waals surface area contributed by atoms with E-state index in [0.717, 1.165) is 19.3 Å². The van der Waals surface area contributed by atoms with Crippen LogP contribution in [0.1, 0.15) is 46.0 Å². The molecule has 0 N–H and O–H groups in total. The zero-order valence-corrected chi connectivity index (χ0v) is 10.7. The fourth-order valence-electron chi connectivity index (χ4n) is 2.09. The van der Waals surface area contributed by atoms with Crippen molar-refractivity contribution in [2.45, 2.75) is 46.0 Å². The van der Waals surface area contributed by atoms with Gasteiger partial charge in [-0.15, -0.1) is 0 Å². The van der Waals surface area contributed by atoms with Gasteiger partial charge >= 0.3 is 11.9 Å². The van der Waals surface area contributed by atoms with Crippen LogP contribution in [0.4, 0.5) is 0 Å². The Hall–Kier alpha value is -1.32. The standard InChI is InChI=1S/C13H20O4/c1-4-6-8-13(11(14)16-3)9-10(7-5-2)17-12(13)15/h7H,4-6,8-9H2,1-3H3/b10-7-. The van der Waals surface area contributed by atoms with Gasteiger partial charge in [0.15, 0.2) is 5.41 Å². The fourth-order valence-corrected chi connectivity index (χ4v) is 2.09. The fraction of sp³-hybridized carbons (Fsp3) is 0.692. The highest BCUT2D eigenvalue weighted by atomic mass is 16.6. The average molecular weight is 240 g/mol. The molecule has 4 heteroatoms. The van der Waals surface area contributed by atoms with Crippen LogP contribution in [0.25, 0.3) is 0 Å². The monoisotopic (exact) mass is 240 g/mol. The number of methoxy groups -OCH3 is 1. The molecule has 0 bridgehead atoms. The molecule has 1 fully saturated rings. The maximum absolute atomic E-state index is 11.9. The van der Waals surface area contributed by atoms with Crippen LogP contribution in [0, 0.1) is 5.41 Å². The second-order valence-corrected chi connectivity index (χ2v) is 4.32. The molecule has 1 rings (SSSR count). The minimum absolute atomic E-state index is 0.340. The van der Waals surface area contributed by atoms with E-state index < -0.39 is 17.4 Å². The molecule has 0 aromatic carbocycles. The number of hydrogen-bond acceptors (Lipinski definition) is 4. The minimum atomic E-state index is -1.11. The van der Waals surface area contributed by atoms with Crippen molar-refractivity contribution in [2.75, 3.05) is 7.11 Å². The highest BCUT2D eigenvalue weighted by molar-refractivity contribution is 6.02. The Bertz CT molecular complexity index is 332. The maximum atomic E-state index is 11.9. The highest BCUT2D eigenvalue weighted by Crippen LogP contribution is 2.41. The van der Waals surface area contributed by atoms with E-state index in [-0.39, 0.29) is 0 Å². The molecule has 0 aromatic rings. The molecule has 0 spiro atoms. The van der Waals surface area contributed by atoms with E-state index >= 15 is 0 Å². The summed E-state index contributed by atoms with van der Waals surface area (Å²) in [4.78, 5) is 23.8. The van der Waals surface area contributed by atoms with Gasteiger partial charge in [0.25, 0.3) is 0 Å². The Kier molecular flexibility index (Phi) is 4.73. The van der Waals surface area contributed by atoms with E-state index in [1.54, 1.807) is 0 Å². The van der Waals surface area contributed by atoms with Gasteiger partial charge < -0.3 is 9.47 Å². The third-order valence-corrected chi connectivity index (χ3v) is 3.06. The van der Waals surface area contributed by atoms with E-state index in [1.165, 1.54) is 7.11 Å². The summed E-state index contributed by atoms with van der Waals surface area (Å²) >= 11 is 0. The molecular weight excluding hydrogens is 220 g/mol. The van der Waals surface area contributed by atoms with Crippen LogP contribution in [-0.4, -0.2) is 19.0 Å². The van der Waals surface area contributed by atoms with Gasteiger partial charge in [0.2, 0.25) is 0 Å². The second kappa shape index (κ2) is 5.84. The number of ether oxygens (including phenoxy) is 2. The molecule has 17 heavy (non-hydrogen) atoms. The molecule has 1 heterocycles. The number of carbonyl (C=O) groups is 2. The Morgan fingerprint density at radius 3 is 2.76 bits per heavy atom. The van der Waals surface area contributed by atoms with E-state index in [1.807, 2.05) is 19.9 Å². The van der Waals surface area contributed by atoms with Crippen molar-refractivity contribution in [3.8, 4) is 0 Å². The minimum Gasteiger partial charge on any atom is -0.468 e. The lowest BCUT2D eigenvalue weighted by Gasteiger charge is -2.20. The summed E-state index contributed by atoms with van der Waals surface area (Å²) in [7, 11) is 1.31. The molecule has 1 aliphatic heterocycles. The summed E-state index contributed by atoms with van der Waals surface area (Å²) in [6.45, 7) is 3.99. The molecule has 0 saturated carbocycles. The maximum Gasteiger partial charge on any atom is 0.329 e. The van der Waals surface area contributed by atoms with E-state index in [0.29, 0.717) is 18.6 Å². The molecule has 1 atom stereocenters. The smallest absolute Gasteiger partial charge is 0.329 e. The lowest BCUT2D eigenvalue weighted by atomic mass is 9.80. The number of rotatable bonds is 5. The number of esters is 2. The Labute approximate surface area is 102 Å². The molecule has 0 radical (unpaired) electrons. The van der Waals surface area contributed by atoms with Crippen molar-refractivity contribution in [2.24, 2.45) is 5.41 Å². The number of unbranched alkanes of at least 4 members (excludes halogenated alkanes) is 1. The van der Waals surface area contributed by atoms with Crippen LogP contribution in [-0.2, 0) is 19.1 Å². The van der Waals surface area contributed by atoms with Crippen molar-refractivity contribution in [1.82, 2.24) is 0 Å². The Balaban J connectivity index is 2.95. The topological polar surface area (TPSA) is 52.6 Å². The molecule has 0 aromatic heterocycles. The number of carbonyl (C=O) groups excluding carboxylic acids is 2. The number of hydrogen-bond donors (Lipinski definition) is 0. The van der Waals surface area contributed by atoms with Gasteiger partial charge in [-0.25, -0.2) is 0 Å². The van der Waals surface area contributed by atoms with Crippen molar-refractivity contribution in [1.29, 1.82) is 0 Å². The summed E-state index contributed by atoms with van der Waals surface area (Å²) in [6, 6.07) is 0. The number of cyclic esters (lactones) is 1. The van der Waals surface area contributed by atoms with Crippen LogP contribution >= 0.6 is 0 Å². The molecule has 96 valence electrons. The van der Waals surface area contributed by atoms with Gasteiger partial charge in [-0.3, -0.25) is 9.59 Å². The van der Waals surface area contributed by atoms with Crippen molar-refractivity contribution in [3.05, 3.63) is 11.8 Å². The summed E-state index contributed by atoms with van der Waals surface area (Å²) in [5.74, 6) is -0.341. The lowest BCUT2D eigenvalue weighted by Crippen LogP contribution is -2.36. The zero-order valence-electron chi connectivity index (χ0n) is 10.7. The largest absolute Gasteiger partial charge is 0.468 e. The van der Waals surface area contributed by atoms with E-state index in [9.17, 15) is 9.59 Å². The summed E-state index contributed by atoms with van der Waals surface area (Å²) in [5, 5.41) is 0. The highest BCUT2D eigenvalue weighted by Gasteiger charge is 2.53. The first-order chi connectivity index (χ1) is 8.10. The normalized spacial score (nSPS) is 26.1. The third-order valence-electron chi connectivity index (χ3n) is 3.06. The number of allylic oxidation sites excluding steroid dienone is 2. The van der Waals surface area contributed by atoms with Gasteiger partial charge in [-0.1, -0.05) is 26.7 Å². The van der Waals surface area contributed by atoms with Gasteiger partial charge in [0.1, 0.15) is 5.76 Å². The van der Waals surface area contributed by atoms with Crippen molar-refractivity contribution < 1.29 is 19.1 Å². The third kappa shape index (κ3) is 2.68. The van der Waals surface area contributed by atoms with E-state index in [2.05, 4.69) is 0 Å². The Morgan fingerprint density at radius 1 is 1.53 bits per heavy atom. The molecular formula is C13H20O4. The van der Waals surface area contributed by atoms with Gasteiger partial charge in [-0.05, 0) is 18.9 Å².